The van der Waals surface area contributed by atoms with Gasteiger partial charge in [-0.15, -0.1) is 0 Å². The fraction of sp³-hybridized carbons (Fsp3) is 0. The Morgan fingerprint density at radius 3 is 3.00 bits per heavy atom. The van der Waals surface area contributed by atoms with Crippen LogP contribution in [-0.2, 0) is 0 Å². The topological polar surface area (TPSA) is 78.9 Å². The highest BCUT2D eigenvalue weighted by Gasteiger charge is 2.08. The summed E-state index contributed by atoms with van der Waals surface area (Å²) >= 11 is 0. The molecule has 1 aromatic carbocycles. The highest BCUT2D eigenvalue weighted by molar-refractivity contribution is 6.02. The van der Waals surface area contributed by atoms with E-state index >= 15 is 0 Å². The van der Waals surface area contributed by atoms with E-state index in [0.717, 1.165) is 0 Å². The van der Waals surface area contributed by atoms with Crippen molar-refractivity contribution >= 4 is 11.6 Å². The Hall–Kier alpha value is -2.61. The van der Waals surface area contributed by atoms with Gasteiger partial charge in [0.1, 0.15) is 6.26 Å². The van der Waals surface area contributed by atoms with Crippen LogP contribution in [0.5, 0.6) is 0 Å². The lowest BCUT2D eigenvalue weighted by Gasteiger charge is -2.02. The largest absolute Gasteiger partial charge is 0.364 e. The fourth-order valence-corrected chi connectivity index (χ4v) is 1.19. The first-order valence-corrected chi connectivity index (χ1v) is 4.51. The van der Waals surface area contributed by atoms with Crippen LogP contribution in [0.2, 0.25) is 0 Å². The Morgan fingerprint density at radius 1 is 1.44 bits per heavy atom. The quantitative estimate of drug-likeness (QED) is 0.824. The van der Waals surface area contributed by atoms with Gasteiger partial charge >= 0.3 is 0 Å². The summed E-state index contributed by atoms with van der Waals surface area (Å²) in [5.74, 6) is -0.371. The van der Waals surface area contributed by atoms with Crippen molar-refractivity contribution in [3.63, 3.8) is 0 Å². The molecule has 16 heavy (non-hydrogen) atoms. The predicted molar refractivity (Wildman–Crippen MR) is 55.6 cm³/mol. The van der Waals surface area contributed by atoms with E-state index in [2.05, 4.69) is 15.0 Å². The molecule has 1 N–H and O–H groups in total. The SMILES string of the molecule is N#Cc1cccc(NC(=O)c2ccon2)c1. The molecular weight excluding hydrogens is 206 g/mol. The minimum Gasteiger partial charge on any atom is -0.364 e. The van der Waals surface area contributed by atoms with Gasteiger partial charge in [0.05, 0.1) is 11.6 Å². The third-order valence-electron chi connectivity index (χ3n) is 1.92. The van der Waals surface area contributed by atoms with Crippen LogP contribution < -0.4 is 5.32 Å². The van der Waals surface area contributed by atoms with Crippen molar-refractivity contribution < 1.29 is 9.32 Å². The van der Waals surface area contributed by atoms with Gasteiger partial charge in [0.15, 0.2) is 5.69 Å². The molecule has 1 amide bonds. The summed E-state index contributed by atoms with van der Waals surface area (Å²) in [6.07, 6.45) is 1.32. The number of amides is 1. The molecule has 0 radical (unpaired) electrons. The Balaban J connectivity index is 2.16. The van der Waals surface area contributed by atoms with Gasteiger partial charge in [-0.3, -0.25) is 4.79 Å². The monoisotopic (exact) mass is 213 g/mol. The molecule has 0 fully saturated rings. The Morgan fingerprint density at radius 2 is 2.31 bits per heavy atom. The van der Waals surface area contributed by atoms with Gasteiger partial charge in [0.25, 0.3) is 5.91 Å². The van der Waals surface area contributed by atoms with Crippen molar-refractivity contribution in [1.29, 1.82) is 5.26 Å². The maximum absolute atomic E-state index is 11.6. The van der Waals surface area contributed by atoms with Crippen LogP contribution in [0, 0.1) is 11.3 Å². The van der Waals surface area contributed by atoms with E-state index in [1.807, 2.05) is 6.07 Å². The number of aromatic nitrogens is 1. The predicted octanol–water partition coefficient (Wildman–Crippen LogP) is 1.80. The van der Waals surface area contributed by atoms with Crippen LogP contribution in [0.25, 0.3) is 0 Å². The number of carbonyl (C=O) groups is 1. The van der Waals surface area contributed by atoms with Crippen LogP contribution in [0.15, 0.2) is 41.1 Å². The van der Waals surface area contributed by atoms with Crippen LogP contribution in [0.1, 0.15) is 16.1 Å². The zero-order chi connectivity index (χ0) is 11.4. The number of benzene rings is 1. The summed E-state index contributed by atoms with van der Waals surface area (Å²) in [7, 11) is 0. The number of hydrogen-bond acceptors (Lipinski definition) is 4. The van der Waals surface area contributed by atoms with E-state index in [9.17, 15) is 4.79 Å². The maximum atomic E-state index is 11.6. The highest BCUT2D eigenvalue weighted by atomic mass is 16.5. The highest BCUT2D eigenvalue weighted by Crippen LogP contribution is 2.10. The van der Waals surface area contributed by atoms with Crippen LogP contribution in [-0.4, -0.2) is 11.1 Å². The number of nitrogens with one attached hydrogen (secondary N) is 1. The zero-order valence-corrected chi connectivity index (χ0v) is 8.18. The Labute approximate surface area is 91.3 Å². The normalized spacial score (nSPS) is 9.44. The zero-order valence-electron chi connectivity index (χ0n) is 8.18. The first kappa shape index (κ1) is 9.93. The van der Waals surface area contributed by atoms with E-state index in [0.29, 0.717) is 11.3 Å². The molecule has 0 atom stereocenters. The average molecular weight is 213 g/mol. The Bertz CT molecular complexity index is 541. The lowest BCUT2D eigenvalue weighted by molar-refractivity contribution is 0.101. The first-order chi connectivity index (χ1) is 7.79. The molecular formula is C11H7N3O2. The molecule has 0 saturated heterocycles. The second-order valence-corrected chi connectivity index (χ2v) is 3.03. The molecule has 2 rings (SSSR count). The number of nitriles is 1. The van der Waals surface area contributed by atoms with Gasteiger partial charge in [0, 0.05) is 11.8 Å². The smallest absolute Gasteiger partial charge is 0.277 e. The van der Waals surface area contributed by atoms with E-state index in [-0.39, 0.29) is 11.6 Å². The molecule has 0 spiro atoms. The lowest BCUT2D eigenvalue weighted by Crippen LogP contribution is -2.12. The van der Waals surface area contributed by atoms with Crippen molar-refractivity contribution in [3.05, 3.63) is 47.9 Å². The molecule has 1 heterocycles. The third-order valence-corrected chi connectivity index (χ3v) is 1.92. The standard InChI is InChI=1S/C11H7N3O2/c12-7-8-2-1-3-9(6-8)13-11(15)10-4-5-16-14-10/h1-6H,(H,13,15). The number of nitrogens with zero attached hydrogens (tertiary/aromatic N) is 2. The minimum absolute atomic E-state index is 0.197. The Kier molecular flexibility index (Phi) is 2.65. The second kappa shape index (κ2) is 4.28. The van der Waals surface area contributed by atoms with E-state index in [1.165, 1.54) is 12.3 Å². The molecule has 78 valence electrons. The number of carbonyl (C=O) groups excluding carboxylic acids is 1. The minimum atomic E-state index is -0.371. The molecule has 0 aliphatic rings. The third kappa shape index (κ3) is 2.07. The second-order valence-electron chi connectivity index (χ2n) is 3.03. The molecule has 5 nitrogen and oxygen atoms in total. The van der Waals surface area contributed by atoms with Gasteiger partial charge in [-0.2, -0.15) is 5.26 Å². The lowest BCUT2D eigenvalue weighted by atomic mass is 10.2. The summed E-state index contributed by atoms with van der Waals surface area (Å²) in [5, 5.41) is 14.8. The van der Waals surface area contributed by atoms with E-state index < -0.39 is 0 Å². The van der Waals surface area contributed by atoms with Gasteiger partial charge in [-0.1, -0.05) is 11.2 Å². The van der Waals surface area contributed by atoms with Gasteiger partial charge in [0.2, 0.25) is 0 Å². The fourth-order valence-electron chi connectivity index (χ4n) is 1.19. The summed E-state index contributed by atoms with van der Waals surface area (Å²) in [6.45, 7) is 0. The summed E-state index contributed by atoms with van der Waals surface area (Å²) < 4.78 is 4.56. The molecule has 0 aliphatic heterocycles. The van der Waals surface area contributed by atoms with Gasteiger partial charge in [-0.25, -0.2) is 0 Å². The van der Waals surface area contributed by atoms with Crippen molar-refractivity contribution in [2.24, 2.45) is 0 Å². The molecule has 1 aromatic heterocycles. The average Bonchev–Trinajstić information content (AvgIpc) is 2.83. The van der Waals surface area contributed by atoms with Crippen molar-refractivity contribution in [2.75, 3.05) is 5.32 Å². The molecule has 2 aromatic rings. The van der Waals surface area contributed by atoms with E-state index in [4.69, 9.17) is 5.26 Å². The molecule has 0 unspecified atom stereocenters. The molecule has 0 saturated carbocycles. The van der Waals surface area contributed by atoms with Crippen LogP contribution in [0.3, 0.4) is 0 Å². The number of rotatable bonds is 2. The summed E-state index contributed by atoms with van der Waals surface area (Å²) in [4.78, 5) is 11.6. The molecule has 5 heteroatoms. The van der Waals surface area contributed by atoms with Gasteiger partial charge in [-0.05, 0) is 18.2 Å². The van der Waals surface area contributed by atoms with E-state index in [1.54, 1.807) is 24.3 Å². The first-order valence-electron chi connectivity index (χ1n) is 4.51. The molecule has 0 aliphatic carbocycles. The van der Waals surface area contributed by atoms with Crippen molar-refractivity contribution in [2.45, 2.75) is 0 Å². The van der Waals surface area contributed by atoms with Crippen molar-refractivity contribution in [1.82, 2.24) is 5.16 Å². The number of anilines is 1. The van der Waals surface area contributed by atoms with Crippen LogP contribution in [0.4, 0.5) is 5.69 Å². The number of hydrogen-bond donors (Lipinski definition) is 1. The summed E-state index contributed by atoms with van der Waals surface area (Å²) in [6, 6.07) is 10.1. The summed E-state index contributed by atoms with van der Waals surface area (Å²) in [5.41, 5.74) is 1.23. The van der Waals surface area contributed by atoms with Gasteiger partial charge < -0.3 is 9.84 Å². The molecule has 0 bridgehead atoms. The maximum Gasteiger partial charge on any atom is 0.277 e. The van der Waals surface area contributed by atoms with Crippen LogP contribution >= 0.6 is 0 Å². The van der Waals surface area contributed by atoms with Crippen molar-refractivity contribution in [3.8, 4) is 6.07 Å².